The molecule has 0 fully saturated rings. The van der Waals surface area contributed by atoms with Crippen LogP contribution in [0.3, 0.4) is 0 Å². The Kier molecular flexibility index (Phi) is 6.45. The first kappa shape index (κ1) is 21.8. The molecule has 8 heteroatoms. The van der Waals surface area contributed by atoms with Crippen molar-refractivity contribution in [1.29, 1.82) is 0 Å². The van der Waals surface area contributed by atoms with Crippen molar-refractivity contribution in [3.63, 3.8) is 0 Å². The first-order valence-corrected chi connectivity index (χ1v) is 10.3. The first-order valence-electron chi connectivity index (χ1n) is 10.3. The van der Waals surface area contributed by atoms with Gasteiger partial charge in [0.2, 0.25) is 23.7 Å². The molecule has 1 heterocycles. The normalized spacial score (nSPS) is 11.5. The van der Waals surface area contributed by atoms with E-state index in [0.717, 1.165) is 0 Å². The zero-order valence-corrected chi connectivity index (χ0v) is 18.1. The molecule has 1 unspecified atom stereocenters. The lowest BCUT2D eigenvalue weighted by Crippen LogP contribution is -2.25. The van der Waals surface area contributed by atoms with Gasteiger partial charge in [-0.15, -0.1) is 0 Å². The number of aryl methyl sites for hydroxylation is 1. The highest BCUT2D eigenvalue weighted by atomic mass is 16.5. The molecular weight excluding hydrogens is 420 g/mol. The third-order valence-corrected chi connectivity index (χ3v) is 4.66. The van der Waals surface area contributed by atoms with Gasteiger partial charge < -0.3 is 19.9 Å². The van der Waals surface area contributed by atoms with Gasteiger partial charge in [-0.2, -0.15) is 4.98 Å². The molecule has 0 spiro atoms. The molecule has 166 valence electrons. The summed E-state index contributed by atoms with van der Waals surface area (Å²) in [6.07, 6.45) is -0.921. The highest BCUT2D eigenvalue weighted by molar-refractivity contribution is 5.95. The van der Waals surface area contributed by atoms with E-state index in [0.29, 0.717) is 40.0 Å². The number of benzene rings is 3. The molecule has 0 aliphatic rings. The zero-order valence-electron chi connectivity index (χ0n) is 18.1. The Hall–Kier alpha value is -4.46. The average Bonchev–Trinajstić information content (AvgIpc) is 3.24. The molecule has 2 N–H and O–H groups in total. The van der Waals surface area contributed by atoms with Crippen molar-refractivity contribution < 1.29 is 18.8 Å². The Morgan fingerprint density at radius 2 is 1.64 bits per heavy atom. The van der Waals surface area contributed by atoms with Crippen LogP contribution in [0.1, 0.15) is 24.5 Å². The minimum atomic E-state index is -0.921. The van der Waals surface area contributed by atoms with Gasteiger partial charge in [-0.1, -0.05) is 53.7 Å². The van der Waals surface area contributed by atoms with E-state index in [1.54, 1.807) is 49.4 Å². The molecule has 0 radical (unpaired) electrons. The number of carbonyl (C=O) groups is 2. The number of carbonyl (C=O) groups excluding carboxylic acids is 2. The number of rotatable bonds is 7. The number of nitrogens with one attached hydrogen (secondary N) is 2. The van der Waals surface area contributed by atoms with Gasteiger partial charge in [0.1, 0.15) is 5.75 Å². The topological polar surface area (TPSA) is 106 Å². The van der Waals surface area contributed by atoms with Crippen LogP contribution >= 0.6 is 0 Å². The van der Waals surface area contributed by atoms with Crippen molar-refractivity contribution in [3.05, 3.63) is 90.3 Å². The Morgan fingerprint density at radius 1 is 0.909 bits per heavy atom. The molecule has 0 saturated heterocycles. The summed E-state index contributed by atoms with van der Waals surface area (Å²) in [6, 6.07) is 23.2. The second-order valence-electron chi connectivity index (χ2n) is 7.32. The minimum Gasteiger partial charge on any atom is -0.476 e. The van der Waals surface area contributed by atoms with Crippen LogP contribution in [-0.4, -0.2) is 22.0 Å². The maximum atomic E-state index is 13.3. The molecule has 0 bridgehead atoms. The van der Waals surface area contributed by atoms with Crippen LogP contribution in [0.2, 0.25) is 0 Å². The van der Waals surface area contributed by atoms with Crippen LogP contribution < -0.4 is 15.4 Å². The second kappa shape index (κ2) is 9.78. The molecular formula is C25H22N4O4. The first-order chi connectivity index (χ1) is 16.0. The fraction of sp³-hybridized carbons (Fsp3) is 0.120. The van der Waals surface area contributed by atoms with Gasteiger partial charge >= 0.3 is 0 Å². The lowest BCUT2D eigenvalue weighted by Gasteiger charge is -2.20. The summed E-state index contributed by atoms with van der Waals surface area (Å²) in [5.41, 5.74) is 2.54. The fourth-order valence-electron chi connectivity index (χ4n) is 3.25. The summed E-state index contributed by atoms with van der Waals surface area (Å²) in [5.74, 6) is 0.794. The summed E-state index contributed by atoms with van der Waals surface area (Å²) in [7, 11) is 0. The third kappa shape index (κ3) is 5.62. The fourth-order valence-corrected chi connectivity index (χ4v) is 3.25. The van der Waals surface area contributed by atoms with Crippen LogP contribution in [-0.2, 0) is 9.59 Å². The summed E-state index contributed by atoms with van der Waals surface area (Å²) in [4.78, 5) is 28.9. The lowest BCUT2D eigenvalue weighted by molar-refractivity contribution is -0.123. The standard InChI is InChI=1S/C25H22N4O4/c1-16(30)26-21-12-7-13-22(15-21)32-23(18-8-4-3-5-9-18)25(31)28-20-11-6-10-19(14-20)24-27-17(2)33-29-24/h3-15,23H,1-2H3,(H,26,30)(H,28,31). The SMILES string of the molecule is CC(=O)Nc1cccc(OC(C(=O)Nc2cccc(-c3noc(C)n3)c2)c2ccccc2)c1. The average molecular weight is 442 g/mol. The van der Waals surface area contributed by atoms with E-state index in [4.69, 9.17) is 9.26 Å². The van der Waals surface area contributed by atoms with Crippen LogP contribution in [0.25, 0.3) is 11.4 Å². The van der Waals surface area contributed by atoms with E-state index in [9.17, 15) is 9.59 Å². The Labute approximate surface area is 190 Å². The quantitative estimate of drug-likeness (QED) is 0.427. The van der Waals surface area contributed by atoms with Gasteiger partial charge in [-0.3, -0.25) is 9.59 Å². The Bertz CT molecular complexity index is 1270. The maximum absolute atomic E-state index is 13.3. The van der Waals surface area contributed by atoms with E-state index < -0.39 is 6.10 Å². The van der Waals surface area contributed by atoms with Gasteiger partial charge in [0.25, 0.3) is 5.91 Å². The number of hydrogen-bond acceptors (Lipinski definition) is 6. The molecule has 1 aromatic heterocycles. The van der Waals surface area contributed by atoms with Crippen LogP contribution in [0.5, 0.6) is 5.75 Å². The van der Waals surface area contributed by atoms with E-state index in [-0.39, 0.29) is 11.8 Å². The third-order valence-electron chi connectivity index (χ3n) is 4.66. The van der Waals surface area contributed by atoms with Crippen molar-refractivity contribution in [2.45, 2.75) is 20.0 Å². The summed E-state index contributed by atoms with van der Waals surface area (Å²) in [6.45, 7) is 3.14. The number of anilines is 2. The van der Waals surface area contributed by atoms with Crippen molar-refractivity contribution in [2.75, 3.05) is 10.6 Å². The molecule has 0 aliphatic carbocycles. The van der Waals surface area contributed by atoms with Gasteiger partial charge in [0.05, 0.1) is 0 Å². The van der Waals surface area contributed by atoms with Crippen molar-refractivity contribution >= 4 is 23.2 Å². The van der Waals surface area contributed by atoms with Crippen molar-refractivity contribution in [3.8, 4) is 17.1 Å². The van der Waals surface area contributed by atoms with Crippen LogP contribution in [0, 0.1) is 6.92 Å². The highest BCUT2D eigenvalue weighted by Gasteiger charge is 2.23. The van der Waals surface area contributed by atoms with Gasteiger partial charge in [-0.05, 0) is 24.3 Å². The lowest BCUT2D eigenvalue weighted by atomic mass is 10.1. The van der Waals surface area contributed by atoms with Crippen molar-refractivity contribution in [2.24, 2.45) is 0 Å². The van der Waals surface area contributed by atoms with E-state index in [2.05, 4.69) is 20.8 Å². The molecule has 4 rings (SSSR count). The molecule has 4 aromatic rings. The Balaban J connectivity index is 1.58. The second-order valence-corrected chi connectivity index (χ2v) is 7.32. The number of ether oxygens (including phenoxy) is 1. The molecule has 8 nitrogen and oxygen atoms in total. The smallest absolute Gasteiger partial charge is 0.270 e. The van der Waals surface area contributed by atoms with Crippen LogP contribution in [0.4, 0.5) is 11.4 Å². The number of amides is 2. The largest absolute Gasteiger partial charge is 0.476 e. The molecule has 2 amide bonds. The van der Waals surface area contributed by atoms with E-state index in [1.807, 2.05) is 36.4 Å². The van der Waals surface area contributed by atoms with Gasteiger partial charge in [-0.25, -0.2) is 0 Å². The number of aromatic nitrogens is 2. The van der Waals surface area contributed by atoms with Crippen molar-refractivity contribution in [1.82, 2.24) is 10.1 Å². The molecule has 0 aliphatic heterocycles. The monoisotopic (exact) mass is 442 g/mol. The summed E-state index contributed by atoms with van der Waals surface area (Å²) in [5, 5.41) is 9.54. The molecule has 3 aromatic carbocycles. The summed E-state index contributed by atoms with van der Waals surface area (Å²) >= 11 is 0. The summed E-state index contributed by atoms with van der Waals surface area (Å²) < 4.78 is 11.1. The molecule has 1 atom stereocenters. The molecule has 0 saturated carbocycles. The van der Waals surface area contributed by atoms with Gasteiger partial charge in [0.15, 0.2) is 0 Å². The van der Waals surface area contributed by atoms with E-state index >= 15 is 0 Å². The predicted molar refractivity (Wildman–Crippen MR) is 124 cm³/mol. The maximum Gasteiger partial charge on any atom is 0.270 e. The molecule has 33 heavy (non-hydrogen) atoms. The number of hydrogen-bond donors (Lipinski definition) is 2. The number of nitrogens with zero attached hydrogens (tertiary/aromatic N) is 2. The van der Waals surface area contributed by atoms with E-state index in [1.165, 1.54) is 6.92 Å². The zero-order chi connectivity index (χ0) is 23.2. The Morgan fingerprint density at radius 3 is 2.33 bits per heavy atom. The van der Waals surface area contributed by atoms with Gasteiger partial charge in [0, 0.05) is 42.4 Å². The minimum absolute atomic E-state index is 0.193. The predicted octanol–water partition coefficient (Wildman–Crippen LogP) is 4.76. The highest BCUT2D eigenvalue weighted by Crippen LogP contribution is 2.27. The van der Waals surface area contributed by atoms with Crippen LogP contribution in [0.15, 0.2) is 83.4 Å².